The molecule has 0 spiro atoms. The average molecular weight is 140 g/mol. The fourth-order valence-electron chi connectivity index (χ4n) is 2.18. The van der Waals surface area contributed by atoms with Crippen molar-refractivity contribution in [3.05, 3.63) is 0 Å². The number of nitrogens with one attached hydrogen (secondary N) is 1. The Labute approximate surface area is 62.6 Å². The Morgan fingerprint density at radius 3 is 2.80 bits per heavy atom. The molecule has 0 aliphatic carbocycles. The van der Waals surface area contributed by atoms with E-state index in [4.69, 9.17) is 0 Å². The van der Waals surface area contributed by atoms with Crippen LogP contribution < -0.4 is 5.43 Å². The number of fused-ring (bicyclic) bond motifs is 1. The Balaban J connectivity index is 2.04. The number of hydrazine groups is 1. The Hall–Kier alpha value is -0.0800. The SMILES string of the molecule is CC1CNN2CCC2(C)C1. The van der Waals surface area contributed by atoms with Crippen molar-refractivity contribution in [2.24, 2.45) is 5.92 Å². The van der Waals surface area contributed by atoms with Gasteiger partial charge in [-0.3, -0.25) is 5.43 Å². The maximum atomic E-state index is 3.44. The van der Waals surface area contributed by atoms with E-state index in [2.05, 4.69) is 24.3 Å². The maximum absolute atomic E-state index is 3.44. The Morgan fingerprint density at radius 2 is 2.40 bits per heavy atom. The van der Waals surface area contributed by atoms with Gasteiger partial charge in [-0.2, -0.15) is 0 Å². The van der Waals surface area contributed by atoms with Gasteiger partial charge in [0.05, 0.1) is 0 Å². The molecule has 2 heteroatoms. The summed E-state index contributed by atoms with van der Waals surface area (Å²) in [7, 11) is 0. The summed E-state index contributed by atoms with van der Waals surface area (Å²) in [6.07, 6.45) is 2.75. The van der Waals surface area contributed by atoms with Crippen molar-refractivity contribution in [1.29, 1.82) is 0 Å². The molecule has 0 saturated carbocycles. The molecule has 0 radical (unpaired) electrons. The first-order chi connectivity index (χ1) is 4.71. The van der Waals surface area contributed by atoms with Gasteiger partial charge in [-0.25, -0.2) is 5.01 Å². The van der Waals surface area contributed by atoms with Gasteiger partial charge in [0.25, 0.3) is 0 Å². The minimum absolute atomic E-state index is 0.512. The Bertz CT molecular complexity index is 146. The topological polar surface area (TPSA) is 15.3 Å². The predicted molar refractivity (Wildman–Crippen MR) is 41.5 cm³/mol. The summed E-state index contributed by atoms with van der Waals surface area (Å²) in [5.74, 6) is 0.863. The van der Waals surface area contributed by atoms with Crippen LogP contribution in [0.2, 0.25) is 0 Å². The van der Waals surface area contributed by atoms with E-state index >= 15 is 0 Å². The van der Waals surface area contributed by atoms with Crippen molar-refractivity contribution in [3.63, 3.8) is 0 Å². The van der Waals surface area contributed by atoms with E-state index in [1.165, 1.54) is 25.9 Å². The van der Waals surface area contributed by atoms with Crippen molar-refractivity contribution in [2.75, 3.05) is 13.1 Å². The monoisotopic (exact) mass is 140 g/mol. The van der Waals surface area contributed by atoms with Gasteiger partial charge in [-0.1, -0.05) is 6.92 Å². The molecule has 0 amide bonds. The molecule has 58 valence electrons. The fraction of sp³-hybridized carbons (Fsp3) is 1.00. The quantitative estimate of drug-likeness (QED) is 0.540. The second-order valence-electron chi connectivity index (χ2n) is 4.07. The molecule has 2 nitrogen and oxygen atoms in total. The van der Waals surface area contributed by atoms with Crippen LogP contribution in [-0.2, 0) is 0 Å². The summed E-state index contributed by atoms with van der Waals surface area (Å²) in [6.45, 7) is 7.12. The third-order valence-corrected chi connectivity index (χ3v) is 2.94. The molecule has 2 aliphatic rings. The van der Waals surface area contributed by atoms with Crippen LogP contribution in [0, 0.1) is 5.92 Å². The highest BCUT2D eigenvalue weighted by atomic mass is 15.6. The van der Waals surface area contributed by atoms with E-state index in [1.54, 1.807) is 0 Å². The highest BCUT2D eigenvalue weighted by Gasteiger charge is 2.43. The normalized spacial score (nSPS) is 48.0. The molecule has 1 N–H and O–H groups in total. The van der Waals surface area contributed by atoms with Crippen molar-refractivity contribution in [2.45, 2.75) is 32.2 Å². The molecular formula is C8H16N2. The molecule has 2 atom stereocenters. The van der Waals surface area contributed by atoms with Crippen LogP contribution in [0.1, 0.15) is 26.7 Å². The molecule has 2 heterocycles. The lowest BCUT2D eigenvalue weighted by molar-refractivity contribution is -0.0910. The first-order valence-corrected chi connectivity index (χ1v) is 4.22. The molecule has 2 fully saturated rings. The summed E-state index contributed by atoms with van der Waals surface area (Å²) < 4.78 is 0. The van der Waals surface area contributed by atoms with Crippen LogP contribution in [0.3, 0.4) is 0 Å². The molecule has 0 aromatic heterocycles. The minimum Gasteiger partial charge on any atom is -0.254 e. The van der Waals surface area contributed by atoms with Crippen LogP contribution in [0.15, 0.2) is 0 Å². The van der Waals surface area contributed by atoms with Crippen molar-refractivity contribution in [3.8, 4) is 0 Å². The first-order valence-electron chi connectivity index (χ1n) is 4.22. The summed E-state index contributed by atoms with van der Waals surface area (Å²) in [6, 6.07) is 0. The van der Waals surface area contributed by atoms with Gasteiger partial charge in [0, 0.05) is 18.6 Å². The molecule has 0 aromatic rings. The third kappa shape index (κ3) is 0.789. The number of nitrogens with zero attached hydrogens (tertiary/aromatic N) is 1. The Morgan fingerprint density at radius 1 is 1.60 bits per heavy atom. The van der Waals surface area contributed by atoms with Crippen LogP contribution in [0.4, 0.5) is 0 Å². The number of hydrogen-bond donors (Lipinski definition) is 1. The van der Waals surface area contributed by atoms with Gasteiger partial charge in [0.15, 0.2) is 0 Å². The third-order valence-electron chi connectivity index (χ3n) is 2.94. The lowest BCUT2D eigenvalue weighted by Gasteiger charge is -2.55. The van der Waals surface area contributed by atoms with Crippen LogP contribution >= 0.6 is 0 Å². The summed E-state index contributed by atoms with van der Waals surface area (Å²) in [5.41, 5.74) is 3.95. The first kappa shape index (κ1) is 6.62. The van der Waals surface area contributed by atoms with Crippen LogP contribution in [0.5, 0.6) is 0 Å². The molecule has 2 aliphatic heterocycles. The minimum atomic E-state index is 0.512. The highest BCUT2D eigenvalue weighted by molar-refractivity contribution is 4.97. The van der Waals surface area contributed by atoms with Crippen molar-refractivity contribution < 1.29 is 0 Å². The molecule has 10 heavy (non-hydrogen) atoms. The standard InChI is InChI=1S/C8H16N2/c1-7-5-8(2)3-4-10(8)9-6-7/h7,9H,3-6H2,1-2H3. The second kappa shape index (κ2) is 1.95. The molecular weight excluding hydrogens is 124 g/mol. The zero-order valence-electron chi connectivity index (χ0n) is 6.85. The summed E-state index contributed by atoms with van der Waals surface area (Å²) in [4.78, 5) is 0. The molecule has 0 bridgehead atoms. The van der Waals surface area contributed by atoms with Crippen molar-refractivity contribution in [1.82, 2.24) is 10.4 Å². The van der Waals surface area contributed by atoms with Crippen LogP contribution in [-0.4, -0.2) is 23.6 Å². The maximum Gasteiger partial charge on any atom is 0.0341 e. The molecule has 0 aromatic carbocycles. The predicted octanol–water partition coefficient (Wildman–Crippen LogP) is 0.995. The van der Waals surface area contributed by atoms with E-state index in [-0.39, 0.29) is 0 Å². The number of hydrogen-bond acceptors (Lipinski definition) is 2. The van der Waals surface area contributed by atoms with E-state index in [9.17, 15) is 0 Å². The van der Waals surface area contributed by atoms with Gasteiger partial charge in [-0.15, -0.1) is 0 Å². The largest absolute Gasteiger partial charge is 0.254 e. The fourth-order valence-corrected chi connectivity index (χ4v) is 2.18. The van der Waals surface area contributed by atoms with Gasteiger partial charge >= 0.3 is 0 Å². The molecule has 2 saturated heterocycles. The lowest BCUT2D eigenvalue weighted by Crippen LogP contribution is -2.67. The number of rotatable bonds is 0. The molecule has 2 rings (SSSR count). The lowest BCUT2D eigenvalue weighted by atomic mass is 9.79. The smallest absolute Gasteiger partial charge is 0.0341 e. The van der Waals surface area contributed by atoms with E-state index < -0.39 is 0 Å². The zero-order valence-corrected chi connectivity index (χ0v) is 6.85. The highest BCUT2D eigenvalue weighted by Crippen LogP contribution is 2.36. The van der Waals surface area contributed by atoms with E-state index in [1.807, 2.05) is 0 Å². The second-order valence-corrected chi connectivity index (χ2v) is 4.07. The van der Waals surface area contributed by atoms with Gasteiger partial charge in [0.1, 0.15) is 0 Å². The van der Waals surface area contributed by atoms with Crippen molar-refractivity contribution >= 4 is 0 Å². The van der Waals surface area contributed by atoms with Crippen LogP contribution in [0.25, 0.3) is 0 Å². The van der Waals surface area contributed by atoms with E-state index in [0.717, 1.165) is 5.92 Å². The summed E-state index contributed by atoms with van der Waals surface area (Å²) in [5, 5.41) is 2.40. The Kier molecular flexibility index (Phi) is 1.29. The summed E-state index contributed by atoms with van der Waals surface area (Å²) >= 11 is 0. The average Bonchev–Trinajstić information content (AvgIpc) is 1.83. The van der Waals surface area contributed by atoms with Gasteiger partial charge in [-0.05, 0) is 25.7 Å². The molecule has 2 unspecified atom stereocenters. The zero-order chi connectivity index (χ0) is 7.19. The van der Waals surface area contributed by atoms with Gasteiger partial charge < -0.3 is 0 Å². The van der Waals surface area contributed by atoms with E-state index in [0.29, 0.717) is 5.54 Å². The van der Waals surface area contributed by atoms with Gasteiger partial charge in [0.2, 0.25) is 0 Å².